The van der Waals surface area contributed by atoms with Gasteiger partial charge in [-0.1, -0.05) is 18.2 Å². The molecule has 2 rings (SSSR count). The van der Waals surface area contributed by atoms with Gasteiger partial charge in [-0.05, 0) is 45.1 Å². The van der Waals surface area contributed by atoms with E-state index < -0.39 is 0 Å². The summed E-state index contributed by atoms with van der Waals surface area (Å²) in [4.78, 5) is 22.8. The molecule has 1 aromatic heterocycles. The second kappa shape index (κ2) is 9.08. The van der Waals surface area contributed by atoms with E-state index in [1.807, 2.05) is 25.9 Å². The molecule has 6 nitrogen and oxygen atoms in total. The molecule has 0 saturated carbocycles. The maximum absolute atomic E-state index is 13.6. The van der Waals surface area contributed by atoms with Crippen LogP contribution in [0.3, 0.4) is 0 Å². The van der Waals surface area contributed by atoms with E-state index in [-0.39, 0.29) is 11.7 Å². The van der Waals surface area contributed by atoms with Gasteiger partial charge in [0.05, 0.1) is 0 Å². The fraction of sp³-hybridized carbons (Fsp3) is 0.389. The highest BCUT2D eigenvalue weighted by molar-refractivity contribution is 5.92. The number of benzene rings is 1. The zero-order chi connectivity index (χ0) is 18.2. The van der Waals surface area contributed by atoms with Gasteiger partial charge in [-0.3, -0.25) is 4.79 Å². The van der Waals surface area contributed by atoms with Crippen LogP contribution in [-0.4, -0.2) is 54.5 Å². The Morgan fingerprint density at radius 1 is 1.20 bits per heavy atom. The van der Waals surface area contributed by atoms with Gasteiger partial charge >= 0.3 is 0 Å². The first-order valence-electron chi connectivity index (χ1n) is 8.21. The van der Waals surface area contributed by atoms with Crippen LogP contribution < -0.4 is 10.6 Å². The lowest BCUT2D eigenvalue weighted by molar-refractivity contribution is 0.0949. The summed E-state index contributed by atoms with van der Waals surface area (Å²) < 4.78 is 13.6. The Morgan fingerprint density at radius 2 is 1.96 bits per heavy atom. The molecule has 0 spiro atoms. The maximum atomic E-state index is 13.6. The fourth-order valence-corrected chi connectivity index (χ4v) is 2.26. The van der Waals surface area contributed by atoms with Crippen LogP contribution in [0.25, 0.3) is 0 Å². The van der Waals surface area contributed by atoms with Crippen molar-refractivity contribution in [1.82, 2.24) is 20.2 Å². The van der Waals surface area contributed by atoms with Crippen molar-refractivity contribution in [3.63, 3.8) is 0 Å². The minimum absolute atomic E-state index is 0.262. The summed E-state index contributed by atoms with van der Waals surface area (Å²) in [6, 6.07) is 8.18. The van der Waals surface area contributed by atoms with Crippen LogP contribution in [0.5, 0.6) is 0 Å². The summed E-state index contributed by atoms with van der Waals surface area (Å²) in [6.07, 6.45) is 0.427. The van der Waals surface area contributed by atoms with Crippen LogP contribution in [0.2, 0.25) is 0 Å². The predicted octanol–water partition coefficient (Wildman–Crippen LogP) is 1.87. The molecule has 2 aromatic rings. The van der Waals surface area contributed by atoms with Crippen molar-refractivity contribution in [3.05, 3.63) is 53.1 Å². The molecule has 0 radical (unpaired) electrons. The van der Waals surface area contributed by atoms with Gasteiger partial charge in [0.15, 0.2) is 0 Å². The summed E-state index contributed by atoms with van der Waals surface area (Å²) >= 11 is 0. The lowest BCUT2D eigenvalue weighted by Gasteiger charge is -2.11. The van der Waals surface area contributed by atoms with Crippen molar-refractivity contribution in [2.45, 2.75) is 13.3 Å². The number of rotatable bonds is 8. The van der Waals surface area contributed by atoms with Crippen molar-refractivity contribution < 1.29 is 9.18 Å². The average molecular weight is 345 g/mol. The first-order valence-corrected chi connectivity index (χ1v) is 8.21. The van der Waals surface area contributed by atoms with E-state index in [4.69, 9.17) is 0 Å². The minimum atomic E-state index is -0.294. The monoisotopic (exact) mass is 345 g/mol. The number of hydrogen-bond acceptors (Lipinski definition) is 5. The number of nitrogens with zero attached hydrogens (tertiary/aromatic N) is 3. The van der Waals surface area contributed by atoms with Gasteiger partial charge in [-0.15, -0.1) is 0 Å². The van der Waals surface area contributed by atoms with Crippen molar-refractivity contribution in [2.75, 3.05) is 39.0 Å². The number of halogens is 1. The molecule has 0 fully saturated rings. The second-order valence-corrected chi connectivity index (χ2v) is 6.05. The van der Waals surface area contributed by atoms with Crippen LogP contribution in [0.1, 0.15) is 21.7 Å². The Kier molecular flexibility index (Phi) is 6.82. The lowest BCUT2D eigenvalue weighted by atomic mass is 10.1. The van der Waals surface area contributed by atoms with E-state index in [1.165, 1.54) is 6.07 Å². The van der Waals surface area contributed by atoms with Crippen molar-refractivity contribution in [3.8, 4) is 0 Å². The lowest BCUT2D eigenvalue weighted by Crippen LogP contribution is -2.27. The number of amides is 1. The molecule has 0 aliphatic heterocycles. The topological polar surface area (TPSA) is 70.2 Å². The molecule has 0 aliphatic rings. The smallest absolute Gasteiger partial charge is 0.270 e. The number of likely N-dealkylation sites (N-methyl/N-ethyl adjacent to an activating group) is 1. The van der Waals surface area contributed by atoms with Gasteiger partial charge in [-0.2, -0.15) is 0 Å². The normalized spacial score (nSPS) is 10.8. The number of carbonyl (C=O) groups is 1. The summed E-state index contributed by atoms with van der Waals surface area (Å²) in [5, 5.41) is 5.88. The molecule has 0 aliphatic carbocycles. The summed E-state index contributed by atoms with van der Waals surface area (Å²) in [5.41, 5.74) is 1.59. The Labute approximate surface area is 147 Å². The molecule has 0 saturated heterocycles. The van der Waals surface area contributed by atoms with Crippen LogP contribution in [-0.2, 0) is 6.42 Å². The van der Waals surface area contributed by atoms with E-state index in [0.29, 0.717) is 42.4 Å². The Balaban J connectivity index is 1.92. The largest absolute Gasteiger partial charge is 0.353 e. The average Bonchev–Trinajstić information content (AvgIpc) is 2.55. The van der Waals surface area contributed by atoms with Crippen LogP contribution in [0.4, 0.5) is 10.3 Å². The van der Waals surface area contributed by atoms with Gasteiger partial charge in [0.1, 0.15) is 11.5 Å². The Hall–Kier alpha value is -2.54. The Bertz CT molecular complexity index is 720. The number of aromatic nitrogens is 2. The molecule has 0 unspecified atom stereocenters. The van der Waals surface area contributed by atoms with Crippen LogP contribution >= 0.6 is 0 Å². The summed E-state index contributed by atoms with van der Waals surface area (Å²) in [6.45, 7) is 3.67. The highest BCUT2D eigenvalue weighted by Crippen LogP contribution is 2.07. The minimum Gasteiger partial charge on any atom is -0.353 e. The quantitative estimate of drug-likeness (QED) is 0.764. The van der Waals surface area contributed by atoms with Crippen molar-refractivity contribution in [2.24, 2.45) is 0 Å². The molecule has 2 N–H and O–H groups in total. The van der Waals surface area contributed by atoms with Crippen LogP contribution in [0.15, 0.2) is 30.3 Å². The van der Waals surface area contributed by atoms with E-state index in [9.17, 15) is 9.18 Å². The number of hydrogen-bond donors (Lipinski definition) is 2. The fourth-order valence-electron chi connectivity index (χ4n) is 2.26. The van der Waals surface area contributed by atoms with E-state index in [0.717, 1.165) is 6.54 Å². The van der Waals surface area contributed by atoms with E-state index in [1.54, 1.807) is 24.3 Å². The highest BCUT2D eigenvalue weighted by Gasteiger charge is 2.10. The number of carbonyl (C=O) groups excluding carboxylic acids is 1. The van der Waals surface area contributed by atoms with E-state index >= 15 is 0 Å². The van der Waals surface area contributed by atoms with Gasteiger partial charge < -0.3 is 15.5 Å². The molecular weight excluding hydrogens is 321 g/mol. The van der Waals surface area contributed by atoms with Crippen LogP contribution in [0, 0.1) is 12.7 Å². The maximum Gasteiger partial charge on any atom is 0.270 e. The third-order valence-electron chi connectivity index (χ3n) is 3.57. The first kappa shape index (κ1) is 18.8. The first-order chi connectivity index (χ1) is 12.0. The molecule has 0 bridgehead atoms. The second-order valence-electron chi connectivity index (χ2n) is 6.05. The van der Waals surface area contributed by atoms with Gasteiger partial charge in [0.25, 0.3) is 5.91 Å². The van der Waals surface area contributed by atoms with Crippen molar-refractivity contribution in [1.29, 1.82) is 0 Å². The molecular formula is C18H24FN5O. The standard InChI is InChI=1S/C18H24FN5O/c1-13-12-16(23-18(22-13)21-10-11-24(2)3)17(25)20-9-8-14-6-4-5-7-15(14)19/h4-7,12H,8-11H2,1-3H3,(H,20,25)(H,21,22,23). The molecule has 7 heteroatoms. The summed E-state index contributed by atoms with van der Waals surface area (Å²) in [7, 11) is 3.96. The number of aryl methyl sites for hydroxylation is 1. The third-order valence-corrected chi connectivity index (χ3v) is 3.57. The SMILES string of the molecule is Cc1cc(C(=O)NCCc2ccccc2F)nc(NCCN(C)C)n1. The highest BCUT2D eigenvalue weighted by atomic mass is 19.1. The van der Waals surface area contributed by atoms with Gasteiger partial charge in [-0.25, -0.2) is 14.4 Å². The molecule has 0 atom stereocenters. The Morgan fingerprint density at radius 3 is 2.68 bits per heavy atom. The van der Waals surface area contributed by atoms with Gasteiger partial charge in [0, 0.05) is 25.3 Å². The van der Waals surface area contributed by atoms with E-state index in [2.05, 4.69) is 20.6 Å². The molecule has 1 heterocycles. The predicted molar refractivity (Wildman–Crippen MR) is 96.2 cm³/mol. The molecule has 25 heavy (non-hydrogen) atoms. The van der Waals surface area contributed by atoms with Gasteiger partial charge in [0.2, 0.25) is 5.95 Å². The third kappa shape index (κ3) is 6.11. The molecule has 134 valence electrons. The summed E-state index contributed by atoms with van der Waals surface area (Å²) in [5.74, 6) is -0.124. The zero-order valence-electron chi connectivity index (χ0n) is 14.8. The number of anilines is 1. The molecule has 1 aromatic carbocycles. The zero-order valence-corrected chi connectivity index (χ0v) is 14.8. The molecule has 1 amide bonds. The number of nitrogens with one attached hydrogen (secondary N) is 2. The van der Waals surface area contributed by atoms with Crippen molar-refractivity contribution >= 4 is 11.9 Å².